The minimum atomic E-state index is -4.36. The van der Waals surface area contributed by atoms with Gasteiger partial charge in [0.05, 0.1) is 39.9 Å². The molecule has 86 heavy (non-hydrogen) atoms. The van der Waals surface area contributed by atoms with Crippen molar-refractivity contribution in [2.75, 3.05) is 40.9 Å². The third-order valence-electron chi connectivity index (χ3n) is 16.0. The van der Waals surface area contributed by atoms with E-state index in [0.717, 1.165) is 96.3 Å². The van der Waals surface area contributed by atoms with Crippen LogP contribution < -0.4 is 5.32 Å². The third kappa shape index (κ3) is 68.6. The maximum absolute atomic E-state index is 13.1. The molecule has 0 heterocycles. The topological polar surface area (TPSA) is 105 Å². The molecule has 0 radical (unpaired) electrons. The molecule has 0 aliphatic carbocycles. The highest BCUT2D eigenvalue weighted by Crippen LogP contribution is 2.43. The van der Waals surface area contributed by atoms with Crippen LogP contribution in [0.4, 0.5) is 0 Å². The van der Waals surface area contributed by atoms with Crippen LogP contribution in [0.15, 0.2) is 109 Å². The van der Waals surface area contributed by atoms with E-state index in [1.54, 1.807) is 6.08 Å². The molecule has 0 rings (SSSR count). The molecule has 0 bridgehead atoms. The van der Waals surface area contributed by atoms with E-state index in [1.165, 1.54) is 205 Å². The van der Waals surface area contributed by atoms with Crippen molar-refractivity contribution >= 4 is 13.7 Å². The van der Waals surface area contributed by atoms with Crippen LogP contribution in [0.5, 0.6) is 0 Å². The van der Waals surface area contributed by atoms with Crippen LogP contribution in [0.3, 0.4) is 0 Å². The number of allylic oxidation sites excluding steroid dienone is 17. The summed E-state index contributed by atoms with van der Waals surface area (Å²) >= 11 is 0. The molecule has 3 N–H and O–H groups in total. The smallest absolute Gasteiger partial charge is 0.387 e. The zero-order valence-electron chi connectivity index (χ0n) is 57.0. The average Bonchev–Trinajstić information content (AvgIpc) is 3.70. The highest BCUT2D eigenvalue weighted by Gasteiger charge is 2.28. The molecule has 0 saturated heterocycles. The standard InChI is InChI=1S/C77H139N2O6P/c1-6-8-10-12-14-16-18-20-22-24-26-28-30-32-34-36-37-38-39-40-41-43-45-47-49-51-53-55-57-59-61-63-65-67-69-71-77(81)78-75(74-85-86(82,83)84-73-72-79(3,4)5)76(80)70-68-66-64-62-60-58-56-54-52-50-48-46-44-42-35-33-31-29-27-25-23-21-19-17-15-13-11-9-7-2/h8,10,14,16,20,22,26,28,32,34,37-38,40-41,45,47,68,70,75-76,80H,6-7,9,11-13,15,17-19,21,23-25,27,29-31,33,35-36,39,42-44,46,48-67,69,71-74H2,1-5H3,(H-,78,81,82,83)/p+1/b10-8-,16-14-,22-20-,28-26-,34-32-,38-37-,41-40-,47-45-,70-68+. The van der Waals surface area contributed by atoms with E-state index in [-0.39, 0.29) is 19.1 Å². The van der Waals surface area contributed by atoms with E-state index in [0.29, 0.717) is 17.4 Å². The van der Waals surface area contributed by atoms with E-state index in [1.807, 2.05) is 27.2 Å². The molecule has 3 unspecified atom stereocenters. The van der Waals surface area contributed by atoms with Crippen LogP contribution >= 0.6 is 7.82 Å². The Morgan fingerprint density at radius 1 is 0.407 bits per heavy atom. The number of aliphatic hydroxyl groups excluding tert-OH is 1. The van der Waals surface area contributed by atoms with E-state index >= 15 is 0 Å². The SMILES string of the molecule is CC/C=C\C/C=C\C/C=C\C/C=C\C/C=C\C/C=C\C/C=C\C/C=C\CCCCCCCCCCCCC(=O)NC(COP(=O)(O)OCC[N+](C)(C)C)C(O)/C=C/CCCCCCCCCCCCCCCCCCCCCCCCCCCCC. The first-order valence-corrected chi connectivity index (χ1v) is 37.8. The van der Waals surface area contributed by atoms with Gasteiger partial charge in [-0.05, 0) is 83.5 Å². The van der Waals surface area contributed by atoms with Gasteiger partial charge in [0.2, 0.25) is 5.91 Å². The van der Waals surface area contributed by atoms with E-state index in [4.69, 9.17) is 9.05 Å². The Bertz CT molecular complexity index is 1770. The first-order chi connectivity index (χ1) is 42.0. The highest BCUT2D eigenvalue weighted by molar-refractivity contribution is 7.47. The molecular formula is C77H140N2O6P+. The zero-order chi connectivity index (χ0) is 62.6. The number of likely N-dealkylation sites (N-methyl/N-ethyl adjacent to an activating group) is 1. The monoisotopic (exact) mass is 1220 g/mol. The number of aliphatic hydroxyl groups is 1. The van der Waals surface area contributed by atoms with Gasteiger partial charge in [0.15, 0.2) is 0 Å². The van der Waals surface area contributed by atoms with Gasteiger partial charge in [-0.25, -0.2) is 4.57 Å². The second-order valence-electron chi connectivity index (χ2n) is 25.6. The lowest BCUT2D eigenvalue weighted by Gasteiger charge is -2.25. The minimum absolute atomic E-state index is 0.0566. The molecule has 0 saturated carbocycles. The number of phosphoric ester groups is 1. The van der Waals surface area contributed by atoms with Gasteiger partial charge in [0.1, 0.15) is 13.2 Å². The quantitative estimate of drug-likeness (QED) is 0.0243. The van der Waals surface area contributed by atoms with Crippen LogP contribution in [-0.2, 0) is 18.4 Å². The number of amides is 1. The summed E-state index contributed by atoms with van der Waals surface area (Å²) in [4.78, 5) is 23.5. The van der Waals surface area contributed by atoms with Crippen LogP contribution in [-0.4, -0.2) is 73.4 Å². The maximum atomic E-state index is 13.1. The lowest BCUT2D eigenvalue weighted by atomic mass is 10.0. The number of carbonyl (C=O) groups is 1. The number of hydrogen-bond donors (Lipinski definition) is 3. The molecule has 0 aromatic carbocycles. The molecule has 0 aliphatic heterocycles. The van der Waals surface area contributed by atoms with Gasteiger partial charge < -0.3 is 19.8 Å². The molecule has 0 aliphatic rings. The fourth-order valence-electron chi connectivity index (χ4n) is 10.4. The second-order valence-corrected chi connectivity index (χ2v) is 27.0. The largest absolute Gasteiger partial charge is 0.472 e. The summed E-state index contributed by atoms with van der Waals surface area (Å²) < 4.78 is 23.8. The summed E-state index contributed by atoms with van der Waals surface area (Å²) in [5.74, 6) is -0.182. The van der Waals surface area contributed by atoms with Crippen molar-refractivity contribution in [1.82, 2.24) is 5.32 Å². The second kappa shape index (κ2) is 66.6. The maximum Gasteiger partial charge on any atom is 0.472 e. The van der Waals surface area contributed by atoms with Crippen molar-refractivity contribution in [2.45, 2.75) is 334 Å². The predicted octanol–water partition coefficient (Wildman–Crippen LogP) is 23.4. The number of phosphoric acid groups is 1. The highest BCUT2D eigenvalue weighted by atomic mass is 31.2. The summed E-state index contributed by atoms with van der Waals surface area (Å²) in [5, 5.41) is 14.0. The molecule has 498 valence electrons. The minimum Gasteiger partial charge on any atom is -0.387 e. The molecule has 3 atom stereocenters. The number of unbranched alkanes of at least 4 members (excludes halogenated alkanes) is 37. The number of nitrogens with one attached hydrogen (secondary N) is 1. The van der Waals surface area contributed by atoms with Gasteiger partial charge in [0.25, 0.3) is 0 Å². The summed E-state index contributed by atoms with van der Waals surface area (Å²) in [7, 11) is 1.57. The van der Waals surface area contributed by atoms with Crippen molar-refractivity contribution in [3.8, 4) is 0 Å². The molecular weight excluding hydrogens is 1080 g/mol. The number of hydrogen-bond acceptors (Lipinski definition) is 5. The van der Waals surface area contributed by atoms with Crippen LogP contribution in [0, 0.1) is 0 Å². The Morgan fingerprint density at radius 2 is 0.698 bits per heavy atom. The molecule has 1 amide bonds. The zero-order valence-corrected chi connectivity index (χ0v) is 57.9. The van der Waals surface area contributed by atoms with E-state index in [2.05, 4.69) is 116 Å². The van der Waals surface area contributed by atoms with Gasteiger partial charge >= 0.3 is 7.82 Å². The lowest BCUT2D eigenvalue weighted by Crippen LogP contribution is -2.45. The van der Waals surface area contributed by atoms with Gasteiger partial charge in [-0.3, -0.25) is 13.8 Å². The van der Waals surface area contributed by atoms with Crippen LogP contribution in [0.2, 0.25) is 0 Å². The molecule has 9 heteroatoms. The van der Waals surface area contributed by atoms with Crippen molar-refractivity contribution in [2.24, 2.45) is 0 Å². The molecule has 8 nitrogen and oxygen atoms in total. The van der Waals surface area contributed by atoms with Crippen molar-refractivity contribution in [3.05, 3.63) is 109 Å². The van der Waals surface area contributed by atoms with Gasteiger partial charge in [0, 0.05) is 6.42 Å². The van der Waals surface area contributed by atoms with Crippen LogP contribution in [0.25, 0.3) is 0 Å². The van der Waals surface area contributed by atoms with Gasteiger partial charge in [-0.1, -0.05) is 342 Å². The number of quaternary nitrogens is 1. The molecule has 0 aromatic heterocycles. The molecule has 0 spiro atoms. The lowest BCUT2D eigenvalue weighted by molar-refractivity contribution is -0.870. The number of rotatable bonds is 66. The fourth-order valence-corrected chi connectivity index (χ4v) is 11.2. The summed E-state index contributed by atoms with van der Waals surface area (Å²) in [6.07, 6.45) is 98.1. The van der Waals surface area contributed by atoms with Crippen molar-refractivity contribution in [1.29, 1.82) is 0 Å². The average molecular weight is 1220 g/mol. The molecule has 0 aromatic rings. The van der Waals surface area contributed by atoms with E-state index < -0.39 is 20.0 Å². The first-order valence-electron chi connectivity index (χ1n) is 36.3. The van der Waals surface area contributed by atoms with E-state index in [9.17, 15) is 19.4 Å². The van der Waals surface area contributed by atoms with Crippen molar-refractivity contribution < 1.29 is 32.9 Å². The number of nitrogens with zero attached hydrogens (tertiary/aromatic N) is 1. The Kier molecular flexibility index (Phi) is 64.4. The Balaban J connectivity index is 4.11. The normalized spacial score (nSPS) is 14.3. The Morgan fingerprint density at radius 3 is 1.02 bits per heavy atom. The Labute approximate surface area is 533 Å². The first kappa shape index (κ1) is 83.2. The summed E-state index contributed by atoms with van der Waals surface area (Å²) in [6, 6.07) is -0.858. The summed E-state index contributed by atoms with van der Waals surface area (Å²) in [5.41, 5.74) is 0. The Hall–Kier alpha value is -2.84. The van der Waals surface area contributed by atoms with Crippen molar-refractivity contribution in [3.63, 3.8) is 0 Å². The third-order valence-corrected chi connectivity index (χ3v) is 17.0. The predicted molar refractivity (Wildman–Crippen MR) is 378 cm³/mol. The number of carbonyl (C=O) groups excluding carboxylic acids is 1. The van der Waals surface area contributed by atoms with Gasteiger partial charge in [-0.2, -0.15) is 0 Å². The van der Waals surface area contributed by atoms with Crippen LogP contribution in [0.1, 0.15) is 322 Å². The summed E-state index contributed by atoms with van der Waals surface area (Å²) in [6.45, 7) is 4.73. The fraction of sp³-hybridized carbons (Fsp3) is 0.753. The van der Waals surface area contributed by atoms with Gasteiger partial charge in [-0.15, -0.1) is 0 Å². The molecule has 0 fully saturated rings.